The Bertz CT molecular complexity index is 583. The molecule has 1 aromatic rings. The Morgan fingerprint density at radius 1 is 1.32 bits per heavy atom. The predicted molar refractivity (Wildman–Crippen MR) is 78.6 cm³/mol. The standard InChI is InChI=1S/C12H18BrN3O2S/c1-7(19(2,17)18)12-15-10(8-5-3-4-6-8)9(13)11(14)16-12/h7-8H,3-6H2,1-2H3,(H2,14,15,16). The normalized spacial score (nSPS) is 18.7. The molecule has 106 valence electrons. The van der Waals surface area contributed by atoms with E-state index in [1.54, 1.807) is 6.92 Å². The Morgan fingerprint density at radius 2 is 1.89 bits per heavy atom. The molecule has 7 heteroatoms. The van der Waals surface area contributed by atoms with Gasteiger partial charge in [-0.2, -0.15) is 0 Å². The highest BCUT2D eigenvalue weighted by Gasteiger charge is 2.27. The van der Waals surface area contributed by atoms with Crippen molar-refractivity contribution in [1.82, 2.24) is 9.97 Å². The molecule has 2 N–H and O–H groups in total. The number of nitrogen functional groups attached to an aromatic ring is 1. The molecule has 0 aromatic carbocycles. The Hall–Kier alpha value is -0.690. The summed E-state index contributed by atoms with van der Waals surface area (Å²) in [6, 6.07) is 0. The molecular weight excluding hydrogens is 330 g/mol. The number of rotatable bonds is 3. The summed E-state index contributed by atoms with van der Waals surface area (Å²) in [5, 5.41) is -0.733. The van der Waals surface area contributed by atoms with E-state index in [1.165, 1.54) is 19.1 Å². The second-order valence-corrected chi connectivity index (χ2v) is 8.28. The lowest BCUT2D eigenvalue weighted by Gasteiger charge is -2.16. The SMILES string of the molecule is CC(c1nc(N)c(Br)c(C2CCCC2)n1)S(C)(=O)=O. The maximum Gasteiger partial charge on any atom is 0.157 e. The second kappa shape index (κ2) is 5.36. The monoisotopic (exact) mass is 347 g/mol. The zero-order valence-corrected chi connectivity index (χ0v) is 13.5. The maximum atomic E-state index is 11.6. The molecule has 0 saturated heterocycles. The summed E-state index contributed by atoms with van der Waals surface area (Å²) in [4.78, 5) is 8.58. The van der Waals surface area contributed by atoms with Crippen LogP contribution in [0.3, 0.4) is 0 Å². The van der Waals surface area contributed by atoms with Crippen LogP contribution in [0.1, 0.15) is 55.3 Å². The van der Waals surface area contributed by atoms with Crippen LogP contribution in [-0.4, -0.2) is 24.6 Å². The molecule has 1 saturated carbocycles. The van der Waals surface area contributed by atoms with Crippen molar-refractivity contribution in [2.24, 2.45) is 0 Å². The van der Waals surface area contributed by atoms with Gasteiger partial charge in [0.05, 0.1) is 10.2 Å². The Labute approximate surface area is 122 Å². The van der Waals surface area contributed by atoms with Crippen LogP contribution in [0.5, 0.6) is 0 Å². The average molecular weight is 348 g/mol. The van der Waals surface area contributed by atoms with Gasteiger partial charge in [-0.05, 0) is 35.7 Å². The van der Waals surface area contributed by atoms with Crippen molar-refractivity contribution >= 4 is 31.6 Å². The molecule has 1 aliphatic rings. The molecule has 1 aliphatic carbocycles. The van der Waals surface area contributed by atoms with Crippen LogP contribution in [0, 0.1) is 0 Å². The zero-order chi connectivity index (χ0) is 14.2. The third kappa shape index (κ3) is 3.08. The van der Waals surface area contributed by atoms with Gasteiger partial charge in [-0.1, -0.05) is 12.8 Å². The van der Waals surface area contributed by atoms with Crippen LogP contribution in [0.4, 0.5) is 5.82 Å². The zero-order valence-electron chi connectivity index (χ0n) is 11.1. The number of nitrogens with two attached hydrogens (primary N) is 1. The molecule has 1 unspecified atom stereocenters. The summed E-state index contributed by atoms with van der Waals surface area (Å²) < 4.78 is 24.0. The molecule has 19 heavy (non-hydrogen) atoms. The number of hydrogen-bond acceptors (Lipinski definition) is 5. The van der Waals surface area contributed by atoms with Crippen LogP contribution in [0.2, 0.25) is 0 Å². The fourth-order valence-corrected chi connectivity index (χ4v) is 3.33. The van der Waals surface area contributed by atoms with Gasteiger partial charge < -0.3 is 5.73 Å². The third-order valence-electron chi connectivity index (χ3n) is 3.67. The van der Waals surface area contributed by atoms with Gasteiger partial charge in [-0.15, -0.1) is 0 Å². The molecule has 1 heterocycles. The molecule has 2 rings (SSSR count). The Balaban J connectivity index is 2.47. The highest BCUT2D eigenvalue weighted by molar-refractivity contribution is 9.10. The fourth-order valence-electron chi connectivity index (χ4n) is 2.34. The highest BCUT2D eigenvalue weighted by atomic mass is 79.9. The van der Waals surface area contributed by atoms with Gasteiger partial charge in [-0.25, -0.2) is 18.4 Å². The lowest BCUT2D eigenvalue weighted by atomic mass is 10.0. The van der Waals surface area contributed by atoms with Crippen LogP contribution in [0.25, 0.3) is 0 Å². The van der Waals surface area contributed by atoms with Gasteiger partial charge in [0.2, 0.25) is 0 Å². The molecule has 0 amide bonds. The van der Waals surface area contributed by atoms with Crippen molar-refractivity contribution in [1.29, 1.82) is 0 Å². The summed E-state index contributed by atoms with van der Waals surface area (Å²) >= 11 is 3.42. The topological polar surface area (TPSA) is 85.9 Å². The summed E-state index contributed by atoms with van der Waals surface area (Å²) in [6.45, 7) is 1.59. The molecule has 1 aromatic heterocycles. The van der Waals surface area contributed by atoms with E-state index in [0.717, 1.165) is 18.5 Å². The van der Waals surface area contributed by atoms with Crippen molar-refractivity contribution in [3.8, 4) is 0 Å². The summed E-state index contributed by atoms with van der Waals surface area (Å²) in [7, 11) is -3.22. The van der Waals surface area contributed by atoms with Gasteiger partial charge in [0.25, 0.3) is 0 Å². The van der Waals surface area contributed by atoms with E-state index in [4.69, 9.17) is 5.73 Å². The van der Waals surface area contributed by atoms with Gasteiger partial charge >= 0.3 is 0 Å². The lowest BCUT2D eigenvalue weighted by molar-refractivity contribution is 0.587. The van der Waals surface area contributed by atoms with Gasteiger partial charge in [0, 0.05) is 12.2 Å². The summed E-state index contributed by atoms with van der Waals surface area (Å²) in [6.07, 6.45) is 5.69. The van der Waals surface area contributed by atoms with Crippen molar-refractivity contribution in [2.45, 2.75) is 43.8 Å². The summed E-state index contributed by atoms with van der Waals surface area (Å²) in [5.74, 6) is 0.970. The van der Waals surface area contributed by atoms with Crippen molar-refractivity contribution in [3.05, 3.63) is 16.0 Å². The Kier molecular flexibility index (Phi) is 4.15. The molecule has 1 fully saturated rings. The van der Waals surface area contributed by atoms with Gasteiger partial charge in [-0.3, -0.25) is 0 Å². The first-order chi connectivity index (χ1) is 8.80. The number of nitrogens with zero attached hydrogens (tertiary/aromatic N) is 2. The van der Waals surface area contributed by atoms with E-state index in [-0.39, 0.29) is 0 Å². The minimum atomic E-state index is -3.22. The van der Waals surface area contributed by atoms with Gasteiger partial charge in [0.1, 0.15) is 16.9 Å². The largest absolute Gasteiger partial charge is 0.383 e. The minimum Gasteiger partial charge on any atom is -0.383 e. The molecule has 0 spiro atoms. The fraction of sp³-hybridized carbons (Fsp3) is 0.667. The molecular formula is C12H18BrN3O2S. The Morgan fingerprint density at radius 3 is 2.42 bits per heavy atom. The molecule has 5 nitrogen and oxygen atoms in total. The van der Waals surface area contributed by atoms with E-state index in [1.807, 2.05) is 0 Å². The van der Waals surface area contributed by atoms with Crippen LogP contribution < -0.4 is 5.73 Å². The van der Waals surface area contributed by atoms with Crippen LogP contribution in [0.15, 0.2) is 4.47 Å². The smallest absolute Gasteiger partial charge is 0.157 e. The number of halogens is 1. The van der Waals surface area contributed by atoms with Crippen molar-refractivity contribution < 1.29 is 8.42 Å². The molecule has 0 aliphatic heterocycles. The molecule has 1 atom stereocenters. The highest BCUT2D eigenvalue weighted by Crippen LogP contribution is 2.38. The maximum absolute atomic E-state index is 11.6. The lowest BCUT2D eigenvalue weighted by Crippen LogP contribution is -2.15. The quantitative estimate of drug-likeness (QED) is 0.907. The number of aromatic nitrogens is 2. The first-order valence-corrected chi connectivity index (χ1v) is 9.07. The molecule has 0 bridgehead atoms. The average Bonchev–Trinajstić information content (AvgIpc) is 2.83. The minimum absolute atomic E-state index is 0.296. The van der Waals surface area contributed by atoms with E-state index in [9.17, 15) is 8.42 Å². The third-order valence-corrected chi connectivity index (χ3v) is 5.98. The molecule has 0 radical (unpaired) electrons. The van der Waals surface area contributed by atoms with E-state index in [2.05, 4.69) is 25.9 Å². The van der Waals surface area contributed by atoms with Crippen molar-refractivity contribution in [2.75, 3.05) is 12.0 Å². The van der Waals surface area contributed by atoms with E-state index >= 15 is 0 Å². The number of anilines is 1. The van der Waals surface area contributed by atoms with Crippen LogP contribution >= 0.6 is 15.9 Å². The first-order valence-electron chi connectivity index (χ1n) is 6.32. The second-order valence-electron chi connectivity index (χ2n) is 5.12. The number of hydrogen-bond donors (Lipinski definition) is 1. The van der Waals surface area contributed by atoms with E-state index in [0.29, 0.717) is 22.0 Å². The van der Waals surface area contributed by atoms with Gasteiger partial charge in [0.15, 0.2) is 9.84 Å². The van der Waals surface area contributed by atoms with Crippen molar-refractivity contribution in [3.63, 3.8) is 0 Å². The number of sulfone groups is 1. The first kappa shape index (κ1) is 14.7. The van der Waals surface area contributed by atoms with E-state index < -0.39 is 15.1 Å². The summed E-state index contributed by atoms with van der Waals surface area (Å²) in [5.41, 5.74) is 6.73. The predicted octanol–water partition coefficient (Wildman–Crippen LogP) is 2.58. The van der Waals surface area contributed by atoms with Crippen LogP contribution in [-0.2, 0) is 9.84 Å².